The molecule has 4 aromatic carbocycles. The van der Waals surface area contributed by atoms with Gasteiger partial charge in [0.25, 0.3) is 0 Å². The monoisotopic (exact) mass is 1180 g/mol. The zero-order chi connectivity index (χ0) is 65.7. The number of phenols is 4. The van der Waals surface area contributed by atoms with Gasteiger partial charge in [-0.1, -0.05) is 215 Å². The van der Waals surface area contributed by atoms with Crippen molar-refractivity contribution < 1.29 is 58.6 Å². The molecule has 85 heavy (non-hydrogen) atoms. The van der Waals surface area contributed by atoms with Gasteiger partial charge in [0, 0.05) is 0 Å². The van der Waals surface area contributed by atoms with Crippen molar-refractivity contribution in [3.63, 3.8) is 0 Å². The van der Waals surface area contributed by atoms with Crippen LogP contribution in [-0.4, -0.2) is 70.7 Å². The minimum Gasteiger partial charge on any atom is -0.507 e. The summed E-state index contributed by atoms with van der Waals surface area (Å²) in [5.41, 5.74) is 1.85. The first kappa shape index (κ1) is 71.4. The van der Waals surface area contributed by atoms with Gasteiger partial charge in [0.1, 0.15) is 54.8 Å². The lowest BCUT2D eigenvalue weighted by molar-refractivity contribution is -0.172. The molecule has 0 heterocycles. The molecule has 0 amide bonds. The molecule has 12 nitrogen and oxygen atoms in total. The topological polar surface area (TPSA) is 186 Å². The van der Waals surface area contributed by atoms with Crippen molar-refractivity contribution in [3.8, 4) is 23.0 Å². The Labute approximate surface area is 511 Å². The molecular weight excluding hydrogens is 1070 g/mol. The maximum Gasteiger partial charge on any atom is 0.313 e. The largest absolute Gasteiger partial charge is 0.507 e. The average molecular weight is 1180 g/mol. The molecule has 4 atom stereocenters. The fourth-order valence-electron chi connectivity index (χ4n) is 10.4. The second-order valence-corrected chi connectivity index (χ2v) is 32.7. The molecule has 0 fully saturated rings. The molecule has 4 aromatic rings. The molecule has 12 heteroatoms. The maximum absolute atomic E-state index is 14.8. The van der Waals surface area contributed by atoms with Crippen LogP contribution in [0.5, 0.6) is 23.0 Å². The van der Waals surface area contributed by atoms with Crippen molar-refractivity contribution in [1.82, 2.24) is 0 Å². The summed E-state index contributed by atoms with van der Waals surface area (Å²) in [5.74, 6) is -5.71. The van der Waals surface area contributed by atoms with Crippen LogP contribution in [0, 0.1) is 5.41 Å². The normalized spacial score (nSPS) is 15.3. The minimum absolute atomic E-state index is 0.149. The first-order valence-electron chi connectivity index (χ1n) is 30.3. The molecule has 0 saturated carbocycles. The molecule has 0 spiro atoms. The van der Waals surface area contributed by atoms with Gasteiger partial charge in [-0.3, -0.25) is 19.2 Å². The molecule has 0 aliphatic carbocycles. The molecular formula is C73H108O12. The van der Waals surface area contributed by atoms with Gasteiger partial charge in [-0.05, 0) is 138 Å². The lowest BCUT2D eigenvalue weighted by Gasteiger charge is -2.34. The molecule has 0 bridgehead atoms. The van der Waals surface area contributed by atoms with Crippen molar-refractivity contribution in [2.75, 3.05) is 26.4 Å². The summed E-state index contributed by atoms with van der Waals surface area (Å²) >= 11 is 0. The van der Waals surface area contributed by atoms with Crippen LogP contribution in [-0.2, 0) is 81.4 Å². The predicted octanol–water partition coefficient (Wildman–Crippen LogP) is 16.6. The zero-order valence-corrected chi connectivity index (χ0v) is 57.3. The number of benzene rings is 4. The summed E-state index contributed by atoms with van der Waals surface area (Å²) < 4.78 is 25.3. The van der Waals surface area contributed by atoms with Crippen LogP contribution in [0.4, 0.5) is 0 Å². The third-order valence-electron chi connectivity index (χ3n) is 16.5. The Bertz CT molecular complexity index is 2540. The summed E-state index contributed by atoms with van der Waals surface area (Å²) in [6.45, 7) is 52.3. The number of hydrogen-bond donors (Lipinski definition) is 4. The highest BCUT2D eigenvalue weighted by Crippen LogP contribution is 2.46. The smallest absolute Gasteiger partial charge is 0.313 e. The van der Waals surface area contributed by atoms with E-state index in [1.165, 1.54) is 0 Å². The average Bonchev–Trinajstić information content (AvgIpc) is 3.19. The van der Waals surface area contributed by atoms with E-state index >= 15 is 0 Å². The molecule has 472 valence electrons. The van der Waals surface area contributed by atoms with E-state index in [0.717, 1.165) is 0 Å². The Morgan fingerprint density at radius 1 is 0.282 bits per heavy atom. The van der Waals surface area contributed by atoms with Crippen molar-refractivity contribution in [1.29, 1.82) is 0 Å². The molecule has 0 radical (unpaired) electrons. The van der Waals surface area contributed by atoms with Gasteiger partial charge in [-0.15, -0.1) is 0 Å². The van der Waals surface area contributed by atoms with Crippen molar-refractivity contribution in [2.24, 2.45) is 5.41 Å². The summed E-state index contributed by atoms with van der Waals surface area (Å²) in [4.78, 5) is 59.1. The highest BCUT2D eigenvalue weighted by Gasteiger charge is 2.42. The number of rotatable bonds is 16. The number of ether oxygens (including phenoxy) is 4. The first-order chi connectivity index (χ1) is 38.2. The Hall–Kier alpha value is -6.04. The van der Waals surface area contributed by atoms with E-state index < -0.39 is 123 Å². The van der Waals surface area contributed by atoms with Crippen molar-refractivity contribution in [3.05, 3.63) is 115 Å². The Morgan fingerprint density at radius 3 is 0.506 bits per heavy atom. The Morgan fingerprint density at radius 2 is 0.400 bits per heavy atom. The summed E-state index contributed by atoms with van der Waals surface area (Å²) in [5, 5.41) is 46.5. The van der Waals surface area contributed by atoms with Gasteiger partial charge in [0.05, 0.1) is 23.7 Å². The van der Waals surface area contributed by atoms with Gasteiger partial charge in [0.15, 0.2) is 0 Å². The van der Waals surface area contributed by atoms with E-state index in [9.17, 15) is 39.6 Å². The summed E-state index contributed by atoms with van der Waals surface area (Å²) in [7, 11) is 0. The van der Waals surface area contributed by atoms with Crippen LogP contribution in [0.3, 0.4) is 0 Å². The van der Waals surface area contributed by atoms with E-state index in [2.05, 4.69) is 0 Å². The molecule has 4 rings (SSSR count). The van der Waals surface area contributed by atoms with Crippen LogP contribution in [0.15, 0.2) is 48.5 Å². The molecule has 4 unspecified atom stereocenters. The molecule has 0 aliphatic heterocycles. The van der Waals surface area contributed by atoms with E-state index in [1.807, 2.05) is 215 Å². The maximum atomic E-state index is 14.8. The highest BCUT2D eigenvalue weighted by molar-refractivity contribution is 5.81. The molecule has 0 aliphatic rings. The van der Waals surface area contributed by atoms with Crippen LogP contribution in [0.25, 0.3) is 0 Å². The third-order valence-corrected chi connectivity index (χ3v) is 16.5. The predicted molar refractivity (Wildman–Crippen MR) is 342 cm³/mol. The molecule has 0 aromatic heterocycles. The second-order valence-electron chi connectivity index (χ2n) is 32.7. The summed E-state index contributed by atoms with van der Waals surface area (Å²) in [6.07, 6.45) is 0. The van der Waals surface area contributed by atoms with Gasteiger partial charge < -0.3 is 39.4 Å². The lowest BCUT2D eigenvalue weighted by atomic mass is 9.77. The lowest BCUT2D eigenvalue weighted by Crippen LogP contribution is -2.45. The Balaban J connectivity index is 1.97. The number of aromatic hydroxyl groups is 4. The zero-order valence-electron chi connectivity index (χ0n) is 57.3. The summed E-state index contributed by atoms with van der Waals surface area (Å²) in [6, 6.07) is 14.5. The molecule has 4 N–H and O–H groups in total. The van der Waals surface area contributed by atoms with E-state index in [4.69, 9.17) is 18.9 Å². The van der Waals surface area contributed by atoms with Gasteiger partial charge in [-0.2, -0.15) is 0 Å². The van der Waals surface area contributed by atoms with Gasteiger partial charge >= 0.3 is 23.9 Å². The minimum atomic E-state index is -1.73. The van der Waals surface area contributed by atoms with E-state index in [1.54, 1.807) is 27.7 Å². The van der Waals surface area contributed by atoms with Crippen LogP contribution in [0.2, 0.25) is 0 Å². The van der Waals surface area contributed by atoms with Crippen LogP contribution < -0.4 is 0 Å². The number of esters is 4. The number of hydrogen-bond acceptors (Lipinski definition) is 12. The SMILES string of the molecule is CC(C(=O)OCC(COC(=O)C(C)c1cc(C(C)(C)C)c(O)c(C(C)(C)C)c1)(COC(=O)C(C)c1cc(C(C)(C)C)c(O)c(C(C)(C)C)c1)COC(=O)C(C)c1cc(C(C)(C)C)c(O)c(C(C)(C)C)c1)c1cc(C(C)(C)C)c(O)c(C(C)(C)C)c1. The fourth-order valence-corrected chi connectivity index (χ4v) is 10.4. The highest BCUT2D eigenvalue weighted by atomic mass is 16.6. The van der Waals surface area contributed by atoms with E-state index in [0.29, 0.717) is 66.8 Å². The second kappa shape index (κ2) is 25.0. The standard InChI is InChI=1S/C73H108O12/c1-41(45-29-49(65(5,6)7)57(74)50(30-45)66(8,9)10)61(78)82-37-73(38-83-62(79)42(2)46-31-51(67(11,12)13)58(75)52(32-46)68(14,15)16,39-84-63(80)43(3)47-33-53(69(17,18)19)59(76)54(34-47)70(20,21)22)40-85-64(81)44(4)48-35-55(71(23,24)25)60(77)56(36-48)72(26,27)28/h29-36,41-44,74-77H,37-40H2,1-28H3. The van der Waals surface area contributed by atoms with Gasteiger partial charge in [-0.25, -0.2) is 0 Å². The number of carbonyl (C=O) groups is 4. The van der Waals surface area contributed by atoms with Gasteiger partial charge in [0.2, 0.25) is 0 Å². The van der Waals surface area contributed by atoms with E-state index in [-0.39, 0.29) is 23.0 Å². The quantitative estimate of drug-likeness (QED) is 0.0615. The first-order valence-corrected chi connectivity index (χ1v) is 30.3. The third kappa shape index (κ3) is 17.1. The van der Waals surface area contributed by atoms with Crippen molar-refractivity contribution >= 4 is 23.9 Å². The fraction of sp³-hybridized carbons (Fsp3) is 0.616. The number of carbonyl (C=O) groups excluding carboxylic acids is 4. The molecule has 0 saturated heterocycles. The van der Waals surface area contributed by atoms with Crippen molar-refractivity contribution in [2.45, 2.75) is 261 Å². The van der Waals surface area contributed by atoms with Crippen LogP contribution in [0.1, 0.15) is 284 Å². The number of phenolic OH excluding ortho intramolecular Hbond substituents is 4. The Kier molecular flexibility index (Phi) is 21.0. The van der Waals surface area contributed by atoms with Crippen LogP contribution >= 0.6 is 0 Å².